The molecule has 2 aromatic rings. The van der Waals surface area contributed by atoms with Crippen molar-refractivity contribution in [2.45, 2.75) is 31.4 Å². The van der Waals surface area contributed by atoms with E-state index < -0.39 is 17.8 Å². The maximum absolute atomic E-state index is 13.6. The lowest BCUT2D eigenvalue weighted by Crippen LogP contribution is -2.39. The first kappa shape index (κ1) is 13.3. The molecule has 0 saturated heterocycles. The summed E-state index contributed by atoms with van der Waals surface area (Å²) in [6.07, 6.45) is 1.75. The summed E-state index contributed by atoms with van der Waals surface area (Å²) in [4.78, 5) is 17.9. The van der Waals surface area contributed by atoms with Crippen LogP contribution in [0.4, 0.5) is 4.39 Å². The average Bonchev–Trinajstić information content (AvgIpc) is 2.94. The number of carbonyl (C=O) groups excluding carboxylic acids is 1. The molecule has 1 aromatic carbocycles. The predicted molar refractivity (Wildman–Crippen MR) is 74.6 cm³/mol. The molecule has 106 valence electrons. The van der Waals surface area contributed by atoms with E-state index in [1.165, 1.54) is 6.07 Å². The lowest BCUT2D eigenvalue weighted by atomic mass is 10.1. The van der Waals surface area contributed by atoms with Crippen LogP contribution < -0.4 is 5.32 Å². The Kier molecular flexibility index (Phi) is 3.31. The van der Waals surface area contributed by atoms with Crippen LogP contribution >= 0.6 is 12.2 Å². The summed E-state index contributed by atoms with van der Waals surface area (Å²) in [5, 5.41) is 12.5. The minimum atomic E-state index is -0.535. The number of hydrogen-bond acceptors (Lipinski definition) is 3. The molecule has 0 bridgehead atoms. The van der Waals surface area contributed by atoms with Crippen LogP contribution in [0.25, 0.3) is 11.0 Å². The van der Waals surface area contributed by atoms with Gasteiger partial charge in [0.25, 0.3) is 5.91 Å². The van der Waals surface area contributed by atoms with E-state index in [0.717, 1.165) is 18.9 Å². The van der Waals surface area contributed by atoms with Gasteiger partial charge >= 0.3 is 0 Å². The zero-order chi connectivity index (χ0) is 14.3. The average molecular weight is 295 g/mol. The Labute approximate surface area is 119 Å². The third kappa shape index (κ3) is 2.34. The highest BCUT2D eigenvalue weighted by atomic mass is 32.1. The van der Waals surface area contributed by atoms with Gasteiger partial charge in [-0.3, -0.25) is 4.79 Å². The summed E-state index contributed by atoms with van der Waals surface area (Å²) in [6, 6.07) is 2.17. The zero-order valence-corrected chi connectivity index (χ0v) is 11.4. The number of halogens is 1. The van der Waals surface area contributed by atoms with Gasteiger partial charge in [-0.2, -0.15) is 0 Å². The molecule has 7 heteroatoms. The SMILES string of the molecule is O=C(N[C@@H]1CCC[C@H]1O)c1cc(F)cc2[nH]c(=S)[nH]c12. The Bertz CT molecular complexity index is 724. The van der Waals surface area contributed by atoms with E-state index in [4.69, 9.17) is 12.2 Å². The second-order valence-corrected chi connectivity index (χ2v) is 5.44. The summed E-state index contributed by atoms with van der Waals surface area (Å²) in [5.41, 5.74) is 1.11. The molecule has 1 saturated carbocycles. The van der Waals surface area contributed by atoms with Crippen molar-refractivity contribution in [3.63, 3.8) is 0 Å². The molecular weight excluding hydrogens is 281 g/mol. The molecule has 1 fully saturated rings. The largest absolute Gasteiger partial charge is 0.391 e. The van der Waals surface area contributed by atoms with E-state index in [1.807, 2.05) is 0 Å². The van der Waals surface area contributed by atoms with Crippen LogP contribution in [0.5, 0.6) is 0 Å². The van der Waals surface area contributed by atoms with Crippen LogP contribution in [-0.4, -0.2) is 33.1 Å². The fraction of sp³-hybridized carbons (Fsp3) is 0.385. The third-order valence-electron chi connectivity index (χ3n) is 3.63. The quantitative estimate of drug-likeness (QED) is 0.640. The molecule has 2 atom stereocenters. The summed E-state index contributed by atoms with van der Waals surface area (Å²) in [7, 11) is 0. The highest BCUT2D eigenvalue weighted by Crippen LogP contribution is 2.21. The Morgan fingerprint density at radius 3 is 2.90 bits per heavy atom. The minimum Gasteiger partial charge on any atom is -0.391 e. The highest BCUT2D eigenvalue weighted by Gasteiger charge is 2.27. The van der Waals surface area contributed by atoms with E-state index in [-0.39, 0.29) is 11.6 Å². The number of amides is 1. The number of H-pyrrole nitrogens is 2. The number of hydrogen-bond donors (Lipinski definition) is 4. The van der Waals surface area contributed by atoms with Gasteiger partial charge in [0.05, 0.1) is 28.7 Å². The van der Waals surface area contributed by atoms with E-state index in [2.05, 4.69) is 15.3 Å². The molecule has 1 amide bonds. The minimum absolute atomic E-state index is 0.187. The summed E-state index contributed by atoms with van der Waals surface area (Å²) >= 11 is 4.96. The van der Waals surface area contributed by atoms with Crippen LogP contribution in [0.3, 0.4) is 0 Å². The number of nitrogens with one attached hydrogen (secondary N) is 3. The second-order valence-electron chi connectivity index (χ2n) is 5.03. The number of carbonyl (C=O) groups is 1. The van der Waals surface area contributed by atoms with Crippen molar-refractivity contribution in [2.24, 2.45) is 0 Å². The number of aromatic nitrogens is 2. The van der Waals surface area contributed by atoms with Gasteiger partial charge in [-0.15, -0.1) is 0 Å². The lowest BCUT2D eigenvalue weighted by Gasteiger charge is -2.16. The molecule has 4 N–H and O–H groups in total. The van der Waals surface area contributed by atoms with Gasteiger partial charge in [0, 0.05) is 0 Å². The van der Waals surface area contributed by atoms with Gasteiger partial charge in [-0.25, -0.2) is 4.39 Å². The molecule has 20 heavy (non-hydrogen) atoms. The van der Waals surface area contributed by atoms with Crippen LogP contribution in [0.1, 0.15) is 29.6 Å². The zero-order valence-electron chi connectivity index (χ0n) is 10.6. The Hall–Kier alpha value is -1.73. The third-order valence-corrected chi connectivity index (χ3v) is 3.83. The number of fused-ring (bicyclic) bond motifs is 1. The Balaban J connectivity index is 1.96. The molecular formula is C13H14FN3O2S. The van der Waals surface area contributed by atoms with Crippen molar-refractivity contribution < 1.29 is 14.3 Å². The van der Waals surface area contributed by atoms with Crippen LogP contribution in [0.15, 0.2) is 12.1 Å². The fourth-order valence-electron chi connectivity index (χ4n) is 2.64. The molecule has 0 radical (unpaired) electrons. The standard InChI is InChI=1S/C13H14FN3O2S/c14-6-4-7(11-9(5-6)16-13(20)17-11)12(19)15-8-2-1-3-10(8)18/h4-5,8,10,18H,1-3H2,(H,15,19)(H2,16,17,20)/t8-,10-/m1/s1. The first-order valence-corrected chi connectivity index (χ1v) is 6.86. The first-order valence-electron chi connectivity index (χ1n) is 6.45. The summed E-state index contributed by atoms with van der Waals surface area (Å²) in [6.45, 7) is 0. The lowest BCUT2D eigenvalue weighted by molar-refractivity contribution is 0.0874. The number of rotatable bonds is 2. The van der Waals surface area contributed by atoms with Crippen molar-refractivity contribution in [3.05, 3.63) is 28.3 Å². The number of aliphatic hydroxyl groups is 1. The number of benzene rings is 1. The van der Waals surface area contributed by atoms with Gasteiger partial charge < -0.3 is 20.4 Å². The van der Waals surface area contributed by atoms with Crippen LogP contribution in [-0.2, 0) is 0 Å². The normalized spacial score (nSPS) is 22.3. The number of imidazole rings is 1. The second kappa shape index (κ2) is 4.99. The Morgan fingerprint density at radius 1 is 1.40 bits per heavy atom. The Morgan fingerprint density at radius 2 is 2.20 bits per heavy atom. The van der Waals surface area contributed by atoms with Crippen LogP contribution in [0.2, 0.25) is 0 Å². The van der Waals surface area contributed by atoms with Gasteiger partial charge in [-0.1, -0.05) is 0 Å². The molecule has 1 heterocycles. The smallest absolute Gasteiger partial charge is 0.253 e. The topological polar surface area (TPSA) is 80.9 Å². The molecule has 1 aliphatic carbocycles. The predicted octanol–water partition coefficient (Wildman–Crippen LogP) is 2.01. The molecule has 1 aromatic heterocycles. The molecule has 1 aliphatic rings. The van der Waals surface area contributed by atoms with Gasteiger partial charge in [-0.05, 0) is 43.6 Å². The summed E-state index contributed by atoms with van der Waals surface area (Å²) in [5.74, 6) is -0.925. The molecule has 5 nitrogen and oxygen atoms in total. The van der Waals surface area contributed by atoms with Gasteiger partial charge in [0.1, 0.15) is 5.82 Å². The van der Waals surface area contributed by atoms with Crippen molar-refractivity contribution in [1.29, 1.82) is 0 Å². The van der Waals surface area contributed by atoms with Crippen LogP contribution in [0, 0.1) is 10.6 Å². The van der Waals surface area contributed by atoms with Crippen molar-refractivity contribution in [3.8, 4) is 0 Å². The number of aliphatic hydroxyl groups excluding tert-OH is 1. The monoisotopic (exact) mass is 295 g/mol. The number of aromatic amines is 2. The maximum Gasteiger partial charge on any atom is 0.253 e. The fourth-order valence-corrected chi connectivity index (χ4v) is 2.85. The van der Waals surface area contributed by atoms with Gasteiger partial charge in [0.2, 0.25) is 0 Å². The molecule has 0 aliphatic heterocycles. The molecule has 3 rings (SSSR count). The van der Waals surface area contributed by atoms with E-state index in [0.29, 0.717) is 22.2 Å². The van der Waals surface area contributed by atoms with E-state index in [1.54, 1.807) is 0 Å². The van der Waals surface area contributed by atoms with Crippen molar-refractivity contribution >= 4 is 29.2 Å². The molecule has 0 unspecified atom stereocenters. The van der Waals surface area contributed by atoms with E-state index in [9.17, 15) is 14.3 Å². The van der Waals surface area contributed by atoms with Gasteiger partial charge in [0.15, 0.2) is 4.77 Å². The maximum atomic E-state index is 13.6. The molecule has 0 spiro atoms. The summed E-state index contributed by atoms with van der Waals surface area (Å²) < 4.78 is 13.9. The first-order chi connectivity index (χ1) is 9.54. The van der Waals surface area contributed by atoms with Crippen molar-refractivity contribution in [1.82, 2.24) is 15.3 Å². The van der Waals surface area contributed by atoms with Crippen molar-refractivity contribution in [2.75, 3.05) is 0 Å². The highest BCUT2D eigenvalue weighted by molar-refractivity contribution is 7.71. The van der Waals surface area contributed by atoms with E-state index >= 15 is 0 Å².